The van der Waals surface area contributed by atoms with Crippen molar-refractivity contribution in [2.45, 2.75) is 33.4 Å². The molecule has 1 atom stereocenters. The molecule has 0 saturated carbocycles. The number of fused-ring (bicyclic) bond motifs is 1. The Labute approximate surface area is 283 Å². The van der Waals surface area contributed by atoms with Crippen LogP contribution >= 0.6 is 67.9 Å². The molecule has 0 aliphatic carbocycles. The molecule has 222 valence electrons. The molecule has 0 unspecified atom stereocenters. The number of halogens is 2. The van der Waals surface area contributed by atoms with Crippen molar-refractivity contribution in [2.24, 2.45) is 4.99 Å². The quantitative estimate of drug-likeness (QED) is 0.156. The van der Waals surface area contributed by atoms with E-state index in [1.54, 1.807) is 37.5 Å². The topological polar surface area (TPSA) is 96.2 Å². The molecule has 0 spiro atoms. The molecule has 2 aromatic carbocycles. The third-order valence-corrected chi connectivity index (χ3v) is 10.0. The average Bonchev–Trinajstić information content (AvgIpc) is 3.61. The average molecular weight is 840 g/mol. The monoisotopic (exact) mass is 840 g/mol. The number of nitrogens with zero attached hydrogens (tertiary/aromatic N) is 2. The minimum absolute atomic E-state index is 0.215. The highest BCUT2D eigenvalue weighted by molar-refractivity contribution is 14.1. The number of hydrogen-bond acceptors (Lipinski definition) is 9. The molecule has 0 amide bonds. The summed E-state index contributed by atoms with van der Waals surface area (Å²) in [4.78, 5) is 44.7. The first kappa shape index (κ1) is 31.6. The number of esters is 2. The molecule has 4 aromatic rings. The fraction of sp³-hybridized carbons (Fsp3) is 0.226. The van der Waals surface area contributed by atoms with Gasteiger partial charge in [-0.3, -0.25) is 9.36 Å². The van der Waals surface area contributed by atoms with Gasteiger partial charge in [0.25, 0.3) is 5.56 Å². The summed E-state index contributed by atoms with van der Waals surface area (Å²) in [5.41, 5.74) is 2.98. The van der Waals surface area contributed by atoms with E-state index in [-0.39, 0.29) is 18.1 Å². The van der Waals surface area contributed by atoms with Gasteiger partial charge in [0, 0.05) is 4.88 Å². The number of thiazole rings is 1. The highest BCUT2D eigenvalue weighted by Crippen LogP contribution is 2.33. The number of benzene rings is 2. The summed E-state index contributed by atoms with van der Waals surface area (Å²) in [6.07, 6.45) is 1.85. The normalized spacial score (nSPS) is 14.7. The summed E-state index contributed by atoms with van der Waals surface area (Å²) in [6, 6.07) is 14.3. The van der Waals surface area contributed by atoms with Gasteiger partial charge < -0.3 is 14.2 Å². The van der Waals surface area contributed by atoms with Gasteiger partial charge in [-0.1, -0.05) is 29.5 Å². The van der Waals surface area contributed by atoms with Crippen LogP contribution in [0.25, 0.3) is 6.08 Å². The summed E-state index contributed by atoms with van der Waals surface area (Å²) in [5, 5.41) is 1.93. The van der Waals surface area contributed by atoms with Gasteiger partial charge >= 0.3 is 11.9 Å². The van der Waals surface area contributed by atoms with Crippen LogP contribution < -0.4 is 19.6 Å². The number of carbonyl (C=O) groups excluding carboxylic acids is 2. The molecule has 0 fully saturated rings. The lowest BCUT2D eigenvalue weighted by molar-refractivity contribution is -0.139. The highest BCUT2D eigenvalue weighted by atomic mass is 127. The van der Waals surface area contributed by atoms with Crippen molar-refractivity contribution in [3.8, 4) is 5.75 Å². The number of carbonyl (C=O) groups is 2. The maximum Gasteiger partial charge on any atom is 0.338 e. The van der Waals surface area contributed by atoms with E-state index in [9.17, 15) is 14.4 Å². The third-order valence-electron chi connectivity index (χ3n) is 6.50. The van der Waals surface area contributed by atoms with Crippen LogP contribution in [0.5, 0.6) is 5.75 Å². The lowest BCUT2D eigenvalue weighted by atomic mass is 10.0. The Balaban J connectivity index is 1.44. The van der Waals surface area contributed by atoms with Gasteiger partial charge in [0.15, 0.2) is 4.80 Å². The molecule has 0 saturated heterocycles. The molecule has 12 heteroatoms. The zero-order chi connectivity index (χ0) is 30.7. The van der Waals surface area contributed by atoms with Crippen molar-refractivity contribution in [1.29, 1.82) is 0 Å². The van der Waals surface area contributed by atoms with E-state index in [1.165, 1.54) is 22.7 Å². The molecule has 43 heavy (non-hydrogen) atoms. The minimum Gasteiger partial charge on any atom is -0.487 e. The molecular weight excluding hydrogens is 814 g/mol. The van der Waals surface area contributed by atoms with Crippen LogP contribution in [-0.4, -0.2) is 29.7 Å². The van der Waals surface area contributed by atoms with Gasteiger partial charge in [-0.15, -0.1) is 11.3 Å². The van der Waals surface area contributed by atoms with E-state index in [0.717, 1.165) is 28.9 Å². The first-order valence-corrected chi connectivity index (χ1v) is 17.2. The maximum absolute atomic E-state index is 13.8. The second-order valence-electron chi connectivity index (χ2n) is 9.34. The van der Waals surface area contributed by atoms with E-state index < -0.39 is 12.0 Å². The summed E-state index contributed by atoms with van der Waals surface area (Å²) in [5.74, 6) is -0.0774. The predicted octanol–water partition coefficient (Wildman–Crippen LogP) is 5.82. The Kier molecular flexibility index (Phi) is 10.2. The second-order valence-corrected chi connectivity index (χ2v) is 13.7. The number of aromatic nitrogens is 1. The Morgan fingerprint density at radius 3 is 2.33 bits per heavy atom. The van der Waals surface area contributed by atoms with Crippen molar-refractivity contribution < 1.29 is 23.8 Å². The van der Waals surface area contributed by atoms with Crippen LogP contribution in [0.3, 0.4) is 0 Å². The minimum atomic E-state index is -0.597. The Morgan fingerprint density at radius 1 is 1.02 bits per heavy atom. The van der Waals surface area contributed by atoms with Gasteiger partial charge in [0.1, 0.15) is 18.4 Å². The second kappa shape index (κ2) is 13.9. The molecule has 1 aliphatic heterocycles. The van der Waals surface area contributed by atoms with Crippen LogP contribution in [0.2, 0.25) is 0 Å². The SMILES string of the molecule is CCOC(=O)C1=C(C)N=c2s/c(=C\c3cc(I)c(OCc4ccc(C(=O)OCC)cc4)c(I)c3)c(=O)n2[C@H]1c1cccs1. The van der Waals surface area contributed by atoms with Crippen LogP contribution in [-0.2, 0) is 20.9 Å². The van der Waals surface area contributed by atoms with Crippen molar-refractivity contribution in [3.63, 3.8) is 0 Å². The maximum atomic E-state index is 13.8. The molecule has 1 aliphatic rings. The fourth-order valence-corrected chi connectivity index (χ4v) is 8.56. The molecular formula is C31H26I2N2O6S2. The number of thiophene rings is 1. The molecule has 0 N–H and O–H groups in total. The molecule has 0 radical (unpaired) electrons. The number of allylic oxidation sites excluding steroid dienone is 1. The lowest BCUT2D eigenvalue weighted by Gasteiger charge is -2.23. The summed E-state index contributed by atoms with van der Waals surface area (Å²) >= 11 is 7.24. The molecule has 2 aromatic heterocycles. The Bertz CT molecular complexity index is 1870. The van der Waals surface area contributed by atoms with Crippen molar-refractivity contribution in [1.82, 2.24) is 4.57 Å². The van der Waals surface area contributed by atoms with E-state index in [4.69, 9.17) is 14.2 Å². The first-order chi connectivity index (χ1) is 20.7. The van der Waals surface area contributed by atoms with Crippen molar-refractivity contribution in [3.05, 3.63) is 114 Å². The van der Waals surface area contributed by atoms with Crippen molar-refractivity contribution >= 4 is 85.9 Å². The lowest BCUT2D eigenvalue weighted by Crippen LogP contribution is -2.39. The summed E-state index contributed by atoms with van der Waals surface area (Å²) in [6.45, 7) is 6.20. The predicted molar refractivity (Wildman–Crippen MR) is 183 cm³/mol. The van der Waals surface area contributed by atoms with Gasteiger partial charge in [-0.2, -0.15) is 0 Å². The van der Waals surface area contributed by atoms with Gasteiger partial charge in [-0.05, 0) is 119 Å². The molecule has 5 rings (SSSR count). The molecule has 3 heterocycles. The van der Waals surface area contributed by atoms with Crippen LogP contribution in [0, 0.1) is 7.14 Å². The fourth-order valence-electron chi connectivity index (χ4n) is 4.57. The standard InChI is InChI=1S/C31H26I2N2O6S2/c1-4-39-29(37)20-10-8-18(9-11-20)16-41-27-21(32)13-19(14-22(27)33)15-24-28(36)35-26(23-7-6-12-42-23)25(30(38)40-5-2)17(3)34-31(35)43-24/h6-15,26H,4-5,16H2,1-3H3/b24-15-/t26-/m0/s1. The van der Waals surface area contributed by atoms with Crippen LogP contribution in [0.4, 0.5) is 0 Å². The van der Waals surface area contributed by atoms with E-state index in [2.05, 4.69) is 50.2 Å². The Hall–Kier alpha value is -2.82. The number of rotatable bonds is 9. The summed E-state index contributed by atoms with van der Waals surface area (Å²) in [7, 11) is 0. The zero-order valence-electron chi connectivity index (χ0n) is 23.4. The Morgan fingerprint density at radius 2 is 1.70 bits per heavy atom. The van der Waals surface area contributed by atoms with Gasteiger partial charge in [-0.25, -0.2) is 14.6 Å². The van der Waals surface area contributed by atoms with Crippen molar-refractivity contribution in [2.75, 3.05) is 13.2 Å². The molecule has 8 nitrogen and oxygen atoms in total. The van der Waals surface area contributed by atoms with Crippen LogP contribution in [0.1, 0.15) is 53.2 Å². The van der Waals surface area contributed by atoms with E-state index in [1.807, 2.05) is 47.9 Å². The van der Waals surface area contributed by atoms with E-state index in [0.29, 0.717) is 39.4 Å². The van der Waals surface area contributed by atoms with Crippen LogP contribution in [0.15, 0.2) is 75.0 Å². The number of ether oxygens (including phenoxy) is 3. The molecule has 0 bridgehead atoms. The van der Waals surface area contributed by atoms with Gasteiger partial charge in [0.05, 0.1) is 41.7 Å². The summed E-state index contributed by atoms with van der Waals surface area (Å²) < 4.78 is 20.4. The first-order valence-electron chi connectivity index (χ1n) is 13.3. The van der Waals surface area contributed by atoms with E-state index >= 15 is 0 Å². The smallest absolute Gasteiger partial charge is 0.338 e. The largest absolute Gasteiger partial charge is 0.487 e. The third kappa shape index (κ3) is 6.81. The number of hydrogen-bond donors (Lipinski definition) is 0. The highest BCUT2D eigenvalue weighted by Gasteiger charge is 2.33. The zero-order valence-corrected chi connectivity index (χ0v) is 29.3. The van der Waals surface area contributed by atoms with Gasteiger partial charge in [0.2, 0.25) is 0 Å².